The largest absolute Gasteiger partial charge is 0.504 e. The number of anilines is 2. The summed E-state index contributed by atoms with van der Waals surface area (Å²) in [6, 6.07) is 7.38. The highest BCUT2D eigenvalue weighted by atomic mass is 32.2. The van der Waals surface area contributed by atoms with Crippen molar-refractivity contribution in [2.75, 3.05) is 19.5 Å². The van der Waals surface area contributed by atoms with Crippen LogP contribution < -0.4 is 14.8 Å². The van der Waals surface area contributed by atoms with E-state index in [4.69, 9.17) is 9.47 Å². The average molecular weight is 307 g/mol. The Labute approximate surface area is 121 Å². The Bertz CT molecular complexity index is 829. The first-order chi connectivity index (χ1) is 9.97. The van der Waals surface area contributed by atoms with E-state index in [1.54, 1.807) is 12.1 Å². The Morgan fingerprint density at radius 3 is 2.38 bits per heavy atom. The average Bonchev–Trinajstić information content (AvgIpc) is 2.47. The summed E-state index contributed by atoms with van der Waals surface area (Å²) in [6.45, 7) is 0. The highest BCUT2D eigenvalue weighted by Gasteiger charge is 2.31. The van der Waals surface area contributed by atoms with Crippen molar-refractivity contribution in [2.24, 2.45) is 0 Å². The van der Waals surface area contributed by atoms with Crippen LogP contribution in [0.1, 0.15) is 0 Å². The Morgan fingerprint density at radius 1 is 1.00 bits per heavy atom. The molecule has 0 aromatic heterocycles. The zero-order valence-corrected chi connectivity index (χ0v) is 12.2. The number of methoxy groups -OCH3 is 2. The lowest BCUT2D eigenvalue weighted by Gasteiger charge is -2.22. The lowest BCUT2D eigenvalue weighted by atomic mass is 10.2. The smallest absolute Gasteiger partial charge is 0.210 e. The lowest BCUT2D eigenvalue weighted by Crippen LogP contribution is -2.14. The molecule has 1 aliphatic heterocycles. The third kappa shape index (κ3) is 1.97. The maximum absolute atomic E-state index is 12.7. The van der Waals surface area contributed by atoms with Gasteiger partial charge in [0, 0.05) is 18.2 Å². The maximum Gasteiger partial charge on any atom is 0.210 e. The second-order valence-electron chi connectivity index (χ2n) is 4.51. The molecule has 21 heavy (non-hydrogen) atoms. The molecule has 1 aliphatic rings. The van der Waals surface area contributed by atoms with Gasteiger partial charge >= 0.3 is 0 Å². The van der Waals surface area contributed by atoms with Crippen molar-refractivity contribution in [3.05, 3.63) is 30.3 Å². The monoisotopic (exact) mass is 307 g/mol. The molecule has 3 rings (SSSR count). The summed E-state index contributed by atoms with van der Waals surface area (Å²) in [5.41, 5.74) is 0.818. The van der Waals surface area contributed by atoms with Gasteiger partial charge in [0.05, 0.1) is 35.4 Å². The summed E-state index contributed by atoms with van der Waals surface area (Å²) in [6.07, 6.45) is 0. The summed E-state index contributed by atoms with van der Waals surface area (Å²) < 4.78 is 35.4. The van der Waals surface area contributed by atoms with Gasteiger partial charge in [0.1, 0.15) is 5.75 Å². The van der Waals surface area contributed by atoms with Crippen LogP contribution in [0.2, 0.25) is 0 Å². The van der Waals surface area contributed by atoms with Crippen LogP contribution in [0.4, 0.5) is 11.4 Å². The molecule has 0 atom stereocenters. The Kier molecular flexibility index (Phi) is 2.94. The van der Waals surface area contributed by atoms with Crippen LogP contribution in [0, 0.1) is 0 Å². The zero-order valence-electron chi connectivity index (χ0n) is 11.4. The molecule has 110 valence electrons. The topological polar surface area (TPSA) is 84.9 Å². The molecule has 0 fully saturated rings. The van der Waals surface area contributed by atoms with Crippen molar-refractivity contribution in [1.29, 1.82) is 0 Å². The Morgan fingerprint density at radius 2 is 1.71 bits per heavy atom. The predicted octanol–water partition coefficient (Wildman–Crippen LogP) is 2.30. The fraction of sp³-hybridized carbons (Fsp3) is 0.143. The van der Waals surface area contributed by atoms with Crippen molar-refractivity contribution in [1.82, 2.24) is 0 Å². The molecule has 0 bridgehead atoms. The first-order valence-electron chi connectivity index (χ1n) is 6.08. The van der Waals surface area contributed by atoms with E-state index in [0.29, 0.717) is 17.1 Å². The fourth-order valence-corrected chi connectivity index (χ4v) is 3.83. The van der Waals surface area contributed by atoms with Crippen molar-refractivity contribution < 1.29 is 23.0 Å². The van der Waals surface area contributed by atoms with E-state index in [1.807, 2.05) is 0 Å². The molecule has 6 nitrogen and oxygen atoms in total. The van der Waals surface area contributed by atoms with E-state index in [1.165, 1.54) is 32.4 Å². The molecular formula is C14H13NO5S. The number of aromatic hydroxyl groups is 1. The quantitative estimate of drug-likeness (QED) is 0.707. The second-order valence-corrected chi connectivity index (χ2v) is 6.40. The minimum absolute atomic E-state index is 0.00144. The third-order valence-corrected chi connectivity index (χ3v) is 5.15. The van der Waals surface area contributed by atoms with E-state index < -0.39 is 9.84 Å². The second kappa shape index (κ2) is 4.56. The first kappa shape index (κ1) is 13.6. The van der Waals surface area contributed by atoms with Gasteiger partial charge in [-0.2, -0.15) is 0 Å². The van der Waals surface area contributed by atoms with E-state index in [-0.39, 0.29) is 21.3 Å². The summed E-state index contributed by atoms with van der Waals surface area (Å²) in [5, 5.41) is 12.8. The van der Waals surface area contributed by atoms with E-state index in [9.17, 15) is 13.5 Å². The van der Waals surface area contributed by atoms with Crippen LogP contribution in [0.3, 0.4) is 0 Å². The molecule has 0 spiro atoms. The molecule has 0 amide bonds. The molecule has 2 N–H and O–H groups in total. The molecular weight excluding hydrogens is 294 g/mol. The first-order valence-corrected chi connectivity index (χ1v) is 7.57. The van der Waals surface area contributed by atoms with E-state index in [2.05, 4.69) is 5.32 Å². The van der Waals surface area contributed by atoms with Gasteiger partial charge in [-0.3, -0.25) is 0 Å². The number of phenolic OH excluding ortho intramolecular Hbond substituents is 1. The Balaban J connectivity index is 2.26. The van der Waals surface area contributed by atoms with Gasteiger partial charge in [0.25, 0.3) is 0 Å². The minimum atomic E-state index is -3.74. The number of hydrogen-bond donors (Lipinski definition) is 2. The highest BCUT2D eigenvalue weighted by molar-refractivity contribution is 7.92. The number of rotatable bonds is 2. The molecule has 7 heteroatoms. The SMILES string of the molecule is COc1ccc2c(c1)S(=O)(=O)c1cc(O)c(OC)cc1N2. The van der Waals surface area contributed by atoms with Crippen molar-refractivity contribution in [2.45, 2.75) is 9.79 Å². The molecule has 0 aliphatic carbocycles. The van der Waals surface area contributed by atoms with Crippen molar-refractivity contribution in [3.63, 3.8) is 0 Å². The molecule has 2 aromatic carbocycles. The zero-order chi connectivity index (χ0) is 15.2. The summed E-state index contributed by atoms with van der Waals surface area (Å²) in [7, 11) is -0.872. The minimum Gasteiger partial charge on any atom is -0.504 e. The normalized spacial score (nSPS) is 14.6. The Hall–Kier alpha value is -2.41. The van der Waals surface area contributed by atoms with Gasteiger partial charge in [-0.25, -0.2) is 8.42 Å². The molecule has 0 radical (unpaired) electrons. The number of hydrogen-bond acceptors (Lipinski definition) is 6. The van der Waals surface area contributed by atoms with Crippen LogP contribution in [0.25, 0.3) is 0 Å². The standard InChI is InChI=1S/C14H13NO5S/c1-19-8-3-4-9-13(5-8)21(17,18)14-7-11(16)12(20-2)6-10(14)15-9/h3-7,15-16H,1-2H3. The van der Waals surface area contributed by atoms with Gasteiger partial charge in [-0.05, 0) is 12.1 Å². The van der Waals surface area contributed by atoms with Crippen molar-refractivity contribution >= 4 is 21.2 Å². The molecule has 0 saturated carbocycles. The third-order valence-electron chi connectivity index (χ3n) is 3.32. The molecule has 0 unspecified atom stereocenters. The van der Waals surface area contributed by atoms with Gasteiger partial charge in [-0.1, -0.05) is 0 Å². The predicted molar refractivity (Wildman–Crippen MR) is 76.4 cm³/mol. The highest BCUT2D eigenvalue weighted by Crippen LogP contribution is 2.44. The summed E-state index contributed by atoms with van der Waals surface area (Å²) in [5.74, 6) is 0.418. The summed E-state index contributed by atoms with van der Waals surface area (Å²) in [4.78, 5) is 0.112. The van der Waals surface area contributed by atoms with Crippen LogP contribution in [0.5, 0.6) is 17.2 Å². The van der Waals surface area contributed by atoms with E-state index >= 15 is 0 Å². The van der Waals surface area contributed by atoms with Gasteiger partial charge in [0.2, 0.25) is 9.84 Å². The lowest BCUT2D eigenvalue weighted by molar-refractivity contribution is 0.372. The number of phenols is 1. The van der Waals surface area contributed by atoms with Gasteiger partial charge < -0.3 is 19.9 Å². The van der Waals surface area contributed by atoms with Crippen LogP contribution >= 0.6 is 0 Å². The number of benzene rings is 2. The molecule has 0 saturated heterocycles. The van der Waals surface area contributed by atoms with Crippen LogP contribution in [-0.4, -0.2) is 27.7 Å². The maximum atomic E-state index is 12.7. The number of nitrogens with one attached hydrogen (secondary N) is 1. The number of fused-ring (bicyclic) bond motifs is 2. The molecule has 1 heterocycles. The van der Waals surface area contributed by atoms with Gasteiger partial charge in [0.15, 0.2) is 11.5 Å². The van der Waals surface area contributed by atoms with Crippen LogP contribution in [0.15, 0.2) is 40.1 Å². The van der Waals surface area contributed by atoms with Crippen LogP contribution in [-0.2, 0) is 9.84 Å². The van der Waals surface area contributed by atoms with Crippen molar-refractivity contribution in [3.8, 4) is 17.2 Å². The summed E-state index contributed by atoms with van der Waals surface area (Å²) >= 11 is 0. The van der Waals surface area contributed by atoms with E-state index in [0.717, 1.165) is 0 Å². The van der Waals surface area contributed by atoms with Gasteiger partial charge in [-0.15, -0.1) is 0 Å². The number of ether oxygens (including phenoxy) is 2. The fourth-order valence-electron chi connectivity index (χ4n) is 2.25. The number of sulfone groups is 1. The molecule has 2 aromatic rings.